The summed E-state index contributed by atoms with van der Waals surface area (Å²) in [6.45, 7) is 15.5. The van der Waals surface area contributed by atoms with E-state index in [1.165, 1.54) is 16.0 Å². The molecule has 24 heavy (non-hydrogen) atoms. The molecular formula is C21H29NOS. The molecule has 0 aliphatic carbocycles. The zero-order valence-corrected chi connectivity index (χ0v) is 16.7. The topological polar surface area (TPSA) is 29.1 Å². The van der Waals surface area contributed by atoms with E-state index in [2.05, 4.69) is 63.5 Å². The van der Waals surface area contributed by atoms with Crippen LogP contribution in [0.3, 0.4) is 0 Å². The molecule has 0 amide bonds. The molecule has 0 unspecified atom stereocenters. The van der Waals surface area contributed by atoms with E-state index in [9.17, 15) is 4.79 Å². The van der Waals surface area contributed by atoms with Crippen molar-refractivity contribution < 1.29 is 4.79 Å². The Morgan fingerprint density at radius 1 is 1.21 bits per heavy atom. The quantitative estimate of drug-likeness (QED) is 0.700. The molecule has 0 bridgehead atoms. The van der Waals surface area contributed by atoms with E-state index >= 15 is 0 Å². The minimum atomic E-state index is 0.126. The summed E-state index contributed by atoms with van der Waals surface area (Å²) in [5.41, 5.74) is 5.69. The molecule has 2 nitrogen and oxygen atoms in total. The van der Waals surface area contributed by atoms with E-state index in [0.717, 1.165) is 23.2 Å². The number of Topliss-reactive ketones (excluding diaryl/α,β-unsaturated/α-hetero) is 1. The first-order valence-corrected chi connectivity index (χ1v) is 9.38. The number of nitrogens with one attached hydrogen (secondary N) is 1. The first-order chi connectivity index (χ1) is 11.1. The highest BCUT2D eigenvalue weighted by molar-refractivity contribution is 7.10. The Bertz CT molecular complexity index is 723. The fourth-order valence-electron chi connectivity index (χ4n) is 3.53. The number of aryl methyl sites for hydroxylation is 2. The van der Waals surface area contributed by atoms with Gasteiger partial charge in [0.15, 0.2) is 5.78 Å². The van der Waals surface area contributed by atoms with Gasteiger partial charge >= 0.3 is 0 Å². The van der Waals surface area contributed by atoms with Gasteiger partial charge in [-0.3, -0.25) is 4.79 Å². The molecule has 1 aromatic carbocycles. The third-order valence-corrected chi connectivity index (χ3v) is 5.60. The minimum Gasteiger partial charge on any atom is -0.305 e. The average Bonchev–Trinajstić information content (AvgIpc) is 2.93. The van der Waals surface area contributed by atoms with Crippen LogP contribution in [0.25, 0.3) is 0 Å². The third kappa shape index (κ3) is 3.96. The SMILES string of the molecule is CC(=O)c1c(C)cc(C)c(CN[C@@H](c2cccs2)C(C)(C)C)c1C. The van der Waals surface area contributed by atoms with Crippen molar-refractivity contribution in [3.05, 3.63) is 56.3 Å². The largest absolute Gasteiger partial charge is 0.305 e. The van der Waals surface area contributed by atoms with E-state index in [0.29, 0.717) is 6.04 Å². The van der Waals surface area contributed by atoms with E-state index in [1.54, 1.807) is 18.3 Å². The lowest BCUT2D eigenvalue weighted by atomic mass is 9.85. The number of carbonyl (C=O) groups is 1. The van der Waals surface area contributed by atoms with Gasteiger partial charge in [0, 0.05) is 23.0 Å². The Morgan fingerprint density at radius 3 is 2.38 bits per heavy atom. The number of ketones is 1. The number of rotatable bonds is 5. The van der Waals surface area contributed by atoms with Crippen molar-refractivity contribution in [2.24, 2.45) is 5.41 Å². The highest BCUT2D eigenvalue weighted by Gasteiger charge is 2.27. The summed E-state index contributed by atoms with van der Waals surface area (Å²) in [5, 5.41) is 5.88. The lowest BCUT2D eigenvalue weighted by molar-refractivity contribution is 0.101. The van der Waals surface area contributed by atoms with Crippen molar-refractivity contribution in [1.29, 1.82) is 0 Å². The van der Waals surface area contributed by atoms with Crippen LogP contribution >= 0.6 is 11.3 Å². The standard InChI is InChI=1S/C21H29NOS/c1-13-11-14(2)19(16(4)23)15(3)17(13)12-22-20(21(5,6)7)18-9-8-10-24-18/h8-11,20,22H,12H2,1-7H3/t20-/m0/s1. The highest BCUT2D eigenvalue weighted by Crippen LogP contribution is 2.35. The maximum Gasteiger partial charge on any atom is 0.160 e. The van der Waals surface area contributed by atoms with Crippen LogP contribution in [-0.2, 0) is 6.54 Å². The predicted molar refractivity (Wildman–Crippen MR) is 104 cm³/mol. The zero-order valence-electron chi connectivity index (χ0n) is 15.9. The van der Waals surface area contributed by atoms with Crippen molar-refractivity contribution in [1.82, 2.24) is 5.32 Å². The van der Waals surface area contributed by atoms with Gasteiger partial charge in [0.2, 0.25) is 0 Å². The number of carbonyl (C=O) groups excluding carboxylic acids is 1. The van der Waals surface area contributed by atoms with Crippen LogP contribution in [0.1, 0.15) is 71.2 Å². The first kappa shape index (κ1) is 18.9. The van der Waals surface area contributed by atoms with Crippen LogP contribution in [0.4, 0.5) is 0 Å². The summed E-state index contributed by atoms with van der Waals surface area (Å²) in [5.74, 6) is 0.150. The minimum absolute atomic E-state index is 0.126. The van der Waals surface area contributed by atoms with Gasteiger partial charge < -0.3 is 5.32 Å². The van der Waals surface area contributed by atoms with Gasteiger partial charge in [-0.05, 0) is 66.8 Å². The van der Waals surface area contributed by atoms with Gasteiger partial charge in [0.1, 0.15) is 0 Å². The highest BCUT2D eigenvalue weighted by atomic mass is 32.1. The smallest absolute Gasteiger partial charge is 0.160 e. The molecule has 0 spiro atoms. The number of hydrogen-bond donors (Lipinski definition) is 1. The van der Waals surface area contributed by atoms with E-state index in [-0.39, 0.29) is 11.2 Å². The number of benzene rings is 1. The first-order valence-electron chi connectivity index (χ1n) is 8.50. The lowest BCUT2D eigenvalue weighted by Gasteiger charge is -2.31. The van der Waals surface area contributed by atoms with Gasteiger partial charge in [-0.2, -0.15) is 0 Å². The maximum atomic E-state index is 12.0. The van der Waals surface area contributed by atoms with Gasteiger partial charge in [-0.15, -0.1) is 11.3 Å². The second kappa shape index (κ2) is 7.20. The molecule has 0 fully saturated rings. The van der Waals surface area contributed by atoms with E-state index < -0.39 is 0 Å². The molecule has 3 heteroatoms. The number of thiophene rings is 1. The molecule has 0 saturated heterocycles. The fourth-order valence-corrected chi connectivity index (χ4v) is 4.58. The summed E-state index contributed by atoms with van der Waals surface area (Å²) in [6.07, 6.45) is 0. The molecule has 2 rings (SSSR count). The summed E-state index contributed by atoms with van der Waals surface area (Å²) in [6, 6.07) is 6.73. The number of hydrogen-bond acceptors (Lipinski definition) is 3. The van der Waals surface area contributed by atoms with Crippen LogP contribution in [-0.4, -0.2) is 5.78 Å². The molecular weight excluding hydrogens is 314 g/mol. The summed E-state index contributed by atoms with van der Waals surface area (Å²) in [4.78, 5) is 13.4. The van der Waals surface area contributed by atoms with Crippen molar-refractivity contribution in [2.75, 3.05) is 0 Å². The molecule has 1 atom stereocenters. The molecule has 130 valence electrons. The predicted octanol–water partition coefficient (Wildman–Crippen LogP) is 5.75. The molecule has 0 aliphatic rings. The van der Waals surface area contributed by atoms with Crippen LogP contribution in [0.15, 0.2) is 23.6 Å². The maximum absolute atomic E-state index is 12.0. The second-order valence-electron chi connectivity index (χ2n) is 7.74. The Kier molecular flexibility index (Phi) is 5.67. The molecule has 0 radical (unpaired) electrons. The third-order valence-electron chi connectivity index (χ3n) is 4.66. The van der Waals surface area contributed by atoms with E-state index in [1.807, 2.05) is 6.92 Å². The van der Waals surface area contributed by atoms with Crippen LogP contribution in [0, 0.1) is 26.2 Å². The molecule has 0 aliphatic heterocycles. The van der Waals surface area contributed by atoms with Gasteiger partial charge in [0.05, 0.1) is 0 Å². The van der Waals surface area contributed by atoms with Gasteiger partial charge in [-0.25, -0.2) is 0 Å². The molecule has 1 N–H and O–H groups in total. The zero-order chi connectivity index (χ0) is 18.1. The Labute approximate surface area is 150 Å². The second-order valence-corrected chi connectivity index (χ2v) is 8.72. The van der Waals surface area contributed by atoms with E-state index in [4.69, 9.17) is 0 Å². The van der Waals surface area contributed by atoms with Crippen molar-refractivity contribution >= 4 is 17.1 Å². The lowest BCUT2D eigenvalue weighted by Crippen LogP contribution is -2.32. The Hall–Kier alpha value is -1.45. The van der Waals surface area contributed by atoms with Crippen LogP contribution < -0.4 is 5.32 Å². The Balaban J connectivity index is 2.34. The van der Waals surface area contributed by atoms with Gasteiger partial charge in [0.25, 0.3) is 0 Å². The molecule has 2 aromatic rings. The van der Waals surface area contributed by atoms with Crippen LogP contribution in [0.5, 0.6) is 0 Å². The molecule has 0 saturated carbocycles. The van der Waals surface area contributed by atoms with Crippen LogP contribution in [0.2, 0.25) is 0 Å². The summed E-state index contributed by atoms with van der Waals surface area (Å²) >= 11 is 1.80. The van der Waals surface area contributed by atoms with Gasteiger partial charge in [-0.1, -0.05) is 32.9 Å². The molecule has 1 aromatic heterocycles. The monoisotopic (exact) mass is 343 g/mol. The molecule has 1 heterocycles. The summed E-state index contributed by atoms with van der Waals surface area (Å²) < 4.78 is 0. The normalized spacial score (nSPS) is 13.1. The summed E-state index contributed by atoms with van der Waals surface area (Å²) in [7, 11) is 0. The fraction of sp³-hybridized carbons (Fsp3) is 0.476. The van der Waals surface area contributed by atoms with Crippen molar-refractivity contribution in [3.8, 4) is 0 Å². The van der Waals surface area contributed by atoms with Crippen molar-refractivity contribution in [2.45, 2.75) is 61.1 Å². The average molecular weight is 344 g/mol. The van der Waals surface area contributed by atoms with Crippen molar-refractivity contribution in [3.63, 3.8) is 0 Å². The Morgan fingerprint density at radius 2 is 1.88 bits per heavy atom.